The molecule has 2 aromatic carbocycles. The minimum atomic E-state index is -0.229. The molecule has 1 amide bonds. The summed E-state index contributed by atoms with van der Waals surface area (Å²) in [5.74, 6) is -0.211. The van der Waals surface area contributed by atoms with Crippen LogP contribution in [0, 0.1) is 0 Å². The molecular formula is C19H22N2O2. The lowest BCUT2D eigenvalue weighted by molar-refractivity contribution is 0.0930. The number of fused-ring (bicyclic) bond motifs is 1. The van der Waals surface area contributed by atoms with Gasteiger partial charge in [-0.2, -0.15) is 0 Å². The van der Waals surface area contributed by atoms with Crippen LogP contribution in [0.3, 0.4) is 0 Å². The lowest BCUT2D eigenvalue weighted by Crippen LogP contribution is -2.44. The van der Waals surface area contributed by atoms with Crippen molar-refractivity contribution >= 4 is 5.91 Å². The Labute approximate surface area is 136 Å². The summed E-state index contributed by atoms with van der Waals surface area (Å²) in [6, 6.07) is 15.4. The molecule has 1 heterocycles. The highest BCUT2D eigenvalue weighted by atomic mass is 16.3. The van der Waals surface area contributed by atoms with Gasteiger partial charge in [0.05, 0.1) is 5.56 Å². The second-order valence-electron chi connectivity index (χ2n) is 6.07. The number of benzene rings is 2. The van der Waals surface area contributed by atoms with Crippen LogP contribution in [0.2, 0.25) is 0 Å². The fraction of sp³-hybridized carbons (Fsp3) is 0.316. The number of hydrogen-bond acceptors (Lipinski definition) is 3. The van der Waals surface area contributed by atoms with Gasteiger partial charge in [-0.05, 0) is 36.6 Å². The van der Waals surface area contributed by atoms with Crippen LogP contribution in [0.15, 0.2) is 48.5 Å². The fourth-order valence-corrected chi connectivity index (χ4v) is 3.02. The zero-order valence-corrected chi connectivity index (χ0v) is 13.3. The van der Waals surface area contributed by atoms with Gasteiger partial charge in [0.25, 0.3) is 5.91 Å². The largest absolute Gasteiger partial charge is 0.507 e. The number of para-hydroxylation sites is 1. The molecule has 0 saturated heterocycles. The topological polar surface area (TPSA) is 52.6 Å². The third kappa shape index (κ3) is 3.54. The van der Waals surface area contributed by atoms with Crippen LogP contribution in [0.25, 0.3) is 0 Å². The molecule has 2 aromatic rings. The van der Waals surface area contributed by atoms with Gasteiger partial charge in [0, 0.05) is 25.7 Å². The second-order valence-corrected chi connectivity index (χ2v) is 6.07. The smallest absolute Gasteiger partial charge is 0.255 e. The molecule has 0 spiro atoms. The molecule has 0 fully saturated rings. The Balaban J connectivity index is 1.57. The van der Waals surface area contributed by atoms with Crippen molar-refractivity contribution in [3.8, 4) is 5.75 Å². The van der Waals surface area contributed by atoms with E-state index in [1.54, 1.807) is 18.2 Å². The molecular weight excluding hydrogens is 288 g/mol. The first-order valence-corrected chi connectivity index (χ1v) is 8.02. The summed E-state index contributed by atoms with van der Waals surface area (Å²) in [4.78, 5) is 14.5. The zero-order chi connectivity index (χ0) is 16.2. The summed E-state index contributed by atoms with van der Waals surface area (Å²) in [6.45, 7) is 4.61. The van der Waals surface area contributed by atoms with Crippen molar-refractivity contribution in [1.82, 2.24) is 10.2 Å². The van der Waals surface area contributed by atoms with Crippen molar-refractivity contribution in [3.05, 3.63) is 65.2 Å². The van der Waals surface area contributed by atoms with Crippen LogP contribution >= 0.6 is 0 Å². The summed E-state index contributed by atoms with van der Waals surface area (Å²) in [5.41, 5.74) is 3.12. The number of nitrogens with zero attached hydrogens (tertiary/aromatic N) is 1. The van der Waals surface area contributed by atoms with E-state index in [0.717, 1.165) is 19.5 Å². The minimum Gasteiger partial charge on any atom is -0.507 e. The Morgan fingerprint density at radius 3 is 2.65 bits per heavy atom. The average Bonchev–Trinajstić information content (AvgIpc) is 2.59. The first kappa shape index (κ1) is 15.6. The highest BCUT2D eigenvalue weighted by molar-refractivity contribution is 5.96. The van der Waals surface area contributed by atoms with Crippen molar-refractivity contribution < 1.29 is 9.90 Å². The third-order valence-electron chi connectivity index (χ3n) is 4.49. The highest BCUT2D eigenvalue weighted by Crippen LogP contribution is 2.20. The van der Waals surface area contributed by atoms with Crippen molar-refractivity contribution in [2.75, 3.05) is 13.1 Å². The van der Waals surface area contributed by atoms with Gasteiger partial charge < -0.3 is 10.4 Å². The normalized spacial score (nSPS) is 15.7. The summed E-state index contributed by atoms with van der Waals surface area (Å²) < 4.78 is 0. The van der Waals surface area contributed by atoms with Gasteiger partial charge in [0.15, 0.2) is 0 Å². The maximum atomic E-state index is 12.2. The number of hydrogen-bond donors (Lipinski definition) is 2. The average molecular weight is 310 g/mol. The fourth-order valence-electron chi connectivity index (χ4n) is 3.02. The SMILES string of the molecule is C[C@@H](CNC(=O)c1ccccc1O)N1CCc2ccccc2C1. The van der Waals surface area contributed by atoms with Crippen molar-refractivity contribution in [2.24, 2.45) is 0 Å². The molecule has 0 radical (unpaired) electrons. The Morgan fingerprint density at radius 1 is 1.17 bits per heavy atom. The minimum absolute atomic E-state index is 0.0181. The number of rotatable bonds is 4. The van der Waals surface area contributed by atoms with E-state index in [0.29, 0.717) is 12.1 Å². The molecule has 120 valence electrons. The van der Waals surface area contributed by atoms with Gasteiger partial charge in [-0.1, -0.05) is 36.4 Å². The Morgan fingerprint density at radius 2 is 1.87 bits per heavy atom. The Bertz CT molecular complexity index is 699. The monoisotopic (exact) mass is 310 g/mol. The van der Waals surface area contributed by atoms with E-state index in [2.05, 4.69) is 41.4 Å². The van der Waals surface area contributed by atoms with Gasteiger partial charge in [0.1, 0.15) is 5.75 Å². The molecule has 1 atom stereocenters. The highest BCUT2D eigenvalue weighted by Gasteiger charge is 2.21. The van der Waals surface area contributed by atoms with Gasteiger partial charge in [-0.3, -0.25) is 9.69 Å². The van der Waals surface area contributed by atoms with E-state index in [9.17, 15) is 9.90 Å². The number of nitrogens with one attached hydrogen (secondary N) is 1. The Kier molecular flexibility index (Phi) is 4.63. The molecule has 1 aliphatic heterocycles. The van der Waals surface area contributed by atoms with Gasteiger partial charge in [-0.25, -0.2) is 0 Å². The van der Waals surface area contributed by atoms with Crippen LogP contribution < -0.4 is 5.32 Å². The number of carbonyl (C=O) groups excluding carboxylic acids is 1. The lowest BCUT2D eigenvalue weighted by atomic mass is 9.99. The predicted molar refractivity (Wildman–Crippen MR) is 90.5 cm³/mol. The third-order valence-corrected chi connectivity index (χ3v) is 4.49. The van der Waals surface area contributed by atoms with Crippen LogP contribution in [0.4, 0.5) is 0 Å². The van der Waals surface area contributed by atoms with Crippen LogP contribution in [-0.2, 0) is 13.0 Å². The number of phenolic OH excluding ortho intramolecular Hbond substituents is 1. The zero-order valence-electron chi connectivity index (χ0n) is 13.3. The molecule has 0 unspecified atom stereocenters. The maximum Gasteiger partial charge on any atom is 0.255 e. The van der Waals surface area contributed by atoms with E-state index in [1.807, 2.05) is 0 Å². The quantitative estimate of drug-likeness (QED) is 0.912. The lowest BCUT2D eigenvalue weighted by Gasteiger charge is -2.33. The first-order chi connectivity index (χ1) is 11.1. The molecule has 3 rings (SSSR count). The molecule has 0 bridgehead atoms. The van der Waals surface area contributed by atoms with E-state index < -0.39 is 0 Å². The molecule has 4 heteroatoms. The number of carbonyl (C=O) groups is 1. The molecule has 23 heavy (non-hydrogen) atoms. The Hall–Kier alpha value is -2.33. The van der Waals surface area contributed by atoms with Crippen LogP contribution in [0.5, 0.6) is 5.75 Å². The van der Waals surface area contributed by atoms with Crippen LogP contribution in [0.1, 0.15) is 28.4 Å². The molecule has 2 N–H and O–H groups in total. The maximum absolute atomic E-state index is 12.2. The standard InChI is InChI=1S/C19H22N2O2/c1-14(12-20-19(23)17-8-4-5-9-18(17)22)21-11-10-15-6-2-3-7-16(15)13-21/h2-9,14,22H,10-13H2,1H3,(H,20,23)/t14-/m0/s1. The number of phenols is 1. The van der Waals surface area contributed by atoms with Gasteiger partial charge in [-0.15, -0.1) is 0 Å². The molecule has 0 saturated carbocycles. The number of aromatic hydroxyl groups is 1. The van der Waals surface area contributed by atoms with Gasteiger partial charge >= 0.3 is 0 Å². The molecule has 4 nitrogen and oxygen atoms in total. The molecule has 0 aromatic heterocycles. The first-order valence-electron chi connectivity index (χ1n) is 8.02. The summed E-state index contributed by atoms with van der Waals surface area (Å²) in [5, 5.41) is 12.7. The van der Waals surface area contributed by atoms with E-state index in [4.69, 9.17) is 0 Å². The molecule has 0 aliphatic carbocycles. The van der Waals surface area contributed by atoms with Crippen molar-refractivity contribution in [2.45, 2.75) is 25.9 Å². The summed E-state index contributed by atoms with van der Waals surface area (Å²) >= 11 is 0. The van der Waals surface area contributed by atoms with Crippen molar-refractivity contribution in [3.63, 3.8) is 0 Å². The predicted octanol–water partition coefficient (Wildman–Crippen LogP) is 2.57. The number of amides is 1. The van der Waals surface area contributed by atoms with E-state index >= 15 is 0 Å². The molecule has 1 aliphatic rings. The van der Waals surface area contributed by atoms with Crippen LogP contribution in [-0.4, -0.2) is 35.0 Å². The van der Waals surface area contributed by atoms with Gasteiger partial charge in [0.2, 0.25) is 0 Å². The second kappa shape index (κ2) is 6.84. The van der Waals surface area contributed by atoms with E-state index in [-0.39, 0.29) is 17.7 Å². The van der Waals surface area contributed by atoms with E-state index in [1.165, 1.54) is 17.2 Å². The summed E-state index contributed by atoms with van der Waals surface area (Å²) in [6.07, 6.45) is 1.05. The summed E-state index contributed by atoms with van der Waals surface area (Å²) in [7, 11) is 0. The van der Waals surface area contributed by atoms with Crippen molar-refractivity contribution in [1.29, 1.82) is 0 Å².